The van der Waals surface area contributed by atoms with Gasteiger partial charge in [-0.2, -0.15) is 0 Å². The molecule has 1 heterocycles. The second kappa shape index (κ2) is 8.04. The Kier molecular flexibility index (Phi) is 6.69. The summed E-state index contributed by atoms with van der Waals surface area (Å²) in [4.78, 5) is 4.17. The Bertz CT molecular complexity index is 503. The van der Waals surface area contributed by atoms with E-state index >= 15 is 0 Å². The van der Waals surface area contributed by atoms with Crippen LogP contribution >= 0.6 is 24.0 Å². The number of hydrogen-bond acceptors (Lipinski definition) is 2. The number of benzene rings is 1. The van der Waals surface area contributed by atoms with Crippen molar-refractivity contribution in [2.45, 2.75) is 19.8 Å². The monoisotopic (exact) mass is 373 g/mol. The van der Waals surface area contributed by atoms with Gasteiger partial charge >= 0.3 is 0 Å². The minimum atomic E-state index is 0. The van der Waals surface area contributed by atoms with Gasteiger partial charge in [-0.1, -0.05) is 25.1 Å². The number of guanidine groups is 1. The quantitative estimate of drug-likeness (QED) is 0.481. The van der Waals surface area contributed by atoms with E-state index in [1.165, 1.54) is 0 Å². The number of para-hydroxylation sites is 1. The Morgan fingerprint density at radius 2 is 2.16 bits per heavy atom. The number of hydrogen-bond donors (Lipinski definition) is 2. The van der Waals surface area contributed by atoms with Crippen molar-refractivity contribution >= 4 is 40.9 Å². The highest BCUT2D eigenvalue weighted by Crippen LogP contribution is 2.18. The summed E-state index contributed by atoms with van der Waals surface area (Å²) in [6.45, 7) is 3.58. The van der Waals surface area contributed by atoms with Gasteiger partial charge in [-0.25, -0.2) is 0 Å². The van der Waals surface area contributed by atoms with Crippen molar-refractivity contribution in [2.24, 2.45) is 10.7 Å². The maximum Gasteiger partial charge on any atom is 0.188 e. The number of nitrogens with two attached hydrogens (primary N) is 1. The summed E-state index contributed by atoms with van der Waals surface area (Å²) in [6.07, 6.45) is 1.81. The molecule has 19 heavy (non-hydrogen) atoms. The van der Waals surface area contributed by atoms with Crippen molar-refractivity contribution in [3.63, 3.8) is 0 Å². The van der Waals surface area contributed by atoms with Crippen LogP contribution in [0.3, 0.4) is 0 Å². The molecule has 5 heteroatoms. The number of nitrogens with one attached hydrogen (secondary N) is 1. The van der Waals surface area contributed by atoms with E-state index < -0.39 is 0 Å². The van der Waals surface area contributed by atoms with E-state index in [0.29, 0.717) is 5.96 Å². The molecule has 0 aliphatic rings. The lowest BCUT2D eigenvalue weighted by molar-refractivity contribution is 0.545. The molecule has 3 N–H and O–H groups in total. The van der Waals surface area contributed by atoms with Gasteiger partial charge in [0, 0.05) is 24.9 Å². The number of nitrogens with zero attached hydrogens (tertiary/aromatic N) is 1. The molecule has 1 aromatic carbocycles. The van der Waals surface area contributed by atoms with Gasteiger partial charge in [-0.15, -0.1) is 24.0 Å². The lowest BCUT2D eigenvalue weighted by atomic mass is 10.2. The molecule has 104 valence electrons. The number of rotatable bonds is 5. The van der Waals surface area contributed by atoms with Crippen LogP contribution in [-0.2, 0) is 6.42 Å². The van der Waals surface area contributed by atoms with E-state index in [9.17, 15) is 0 Å². The number of aliphatic imine (C=N–C) groups is 1. The molecule has 0 radical (unpaired) electrons. The van der Waals surface area contributed by atoms with Gasteiger partial charge in [0.25, 0.3) is 0 Å². The molecule has 0 saturated carbocycles. The van der Waals surface area contributed by atoms with Gasteiger partial charge < -0.3 is 15.5 Å². The SMILES string of the molecule is CCCN=C(N)NCCc1cc2ccccc2o1.I. The van der Waals surface area contributed by atoms with Crippen LogP contribution in [0.25, 0.3) is 11.0 Å². The van der Waals surface area contributed by atoms with Crippen molar-refractivity contribution in [1.82, 2.24) is 5.32 Å². The second-order valence-corrected chi connectivity index (χ2v) is 4.19. The van der Waals surface area contributed by atoms with E-state index in [-0.39, 0.29) is 24.0 Å². The zero-order chi connectivity index (χ0) is 12.8. The van der Waals surface area contributed by atoms with E-state index in [1.54, 1.807) is 0 Å². The Balaban J connectivity index is 0.00000180. The maximum absolute atomic E-state index is 5.71. The predicted octanol–water partition coefficient (Wildman–Crippen LogP) is 2.91. The van der Waals surface area contributed by atoms with Crippen LogP contribution < -0.4 is 11.1 Å². The summed E-state index contributed by atoms with van der Waals surface area (Å²) in [6, 6.07) is 10.1. The average molecular weight is 373 g/mol. The highest BCUT2D eigenvalue weighted by Gasteiger charge is 2.02. The lowest BCUT2D eigenvalue weighted by Gasteiger charge is -2.03. The Morgan fingerprint density at radius 3 is 2.89 bits per heavy atom. The topological polar surface area (TPSA) is 63.5 Å². The predicted molar refractivity (Wildman–Crippen MR) is 90.1 cm³/mol. The summed E-state index contributed by atoms with van der Waals surface area (Å²) >= 11 is 0. The van der Waals surface area contributed by atoms with Crippen LogP contribution in [-0.4, -0.2) is 19.0 Å². The molecule has 0 unspecified atom stereocenters. The van der Waals surface area contributed by atoms with E-state index in [1.807, 2.05) is 24.3 Å². The van der Waals surface area contributed by atoms with Crippen molar-refractivity contribution in [3.05, 3.63) is 36.1 Å². The minimum Gasteiger partial charge on any atom is -0.461 e. The molecule has 4 nitrogen and oxygen atoms in total. The van der Waals surface area contributed by atoms with Crippen LogP contribution in [0.5, 0.6) is 0 Å². The highest BCUT2D eigenvalue weighted by atomic mass is 127. The van der Waals surface area contributed by atoms with Gasteiger partial charge in [0.1, 0.15) is 11.3 Å². The highest BCUT2D eigenvalue weighted by molar-refractivity contribution is 14.0. The number of halogens is 1. The van der Waals surface area contributed by atoms with Crippen LogP contribution in [0.2, 0.25) is 0 Å². The van der Waals surface area contributed by atoms with E-state index in [2.05, 4.69) is 23.3 Å². The van der Waals surface area contributed by atoms with Crippen LogP contribution in [0.15, 0.2) is 39.7 Å². The third kappa shape index (κ3) is 4.74. The first-order valence-electron chi connectivity index (χ1n) is 6.31. The number of fused-ring (bicyclic) bond motifs is 1. The van der Waals surface area contributed by atoms with Crippen molar-refractivity contribution in [1.29, 1.82) is 0 Å². The van der Waals surface area contributed by atoms with Gasteiger partial charge in [0.05, 0.1) is 0 Å². The molecule has 0 bridgehead atoms. The van der Waals surface area contributed by atoms with Crippen LogP contribution in [0.1, 0.15) is 19.1 Å². The maximum atomic E-state index is 5.71. The van der Waals surface area contributed by atoms with Gasteiger partial charge in [0.15, 0.2) is 5.96 Å². The third-order valence-electron chi connectivity index (χ3n) is 2.66. The van der Waals surface area contributed by atoms with E-state index in [0.717, 1.165) is 42.7 Å². The first kappa shape index (κ1) is 15.8. The van der Waals surface area contributed by atoms with Crippen molar-refractivity contribution < 1.29 is 4.42 Å². The van der Waals surface area contributed by atoms with Crippen LogP contribution in [0, 0.1) is 0 Å². The molecule has 0 fully saturated rings. The standard InChI is InChI=1S/C14H19N3O.HI/c1-2-8-16-14(15)17-9-7-12-10-11-5-3-4-6-13(11)18-12;/h3-6,10H,2,7-9H2,1H3,(H3,15,16,17);1H. The van der Waals surface area contributed by atoms with Gasteiger partial charge in [-0.05, 0) is 18.6 Å². The summed E-state index contributed by atoms with van der Waals surface area (Å²) in [5.41, 5.74) is 6.64. The fraction of sp³-hybridized carbons (Fsp3) is 0.357. The van der Waals surface area contributed by atoms with Gasteiger partial charge in [0.2, 0.25) is 0 Å². The van der Waals surface area contributed by atoms with Gasteiger partial charge in [-0.3, -0.25) is 4.99 Å². The first-order valence-corrected chi connectivity index (χ1v) is 6.31. The Labute approximate surface area is 130 Å². The summed E-state index contributed by atoms with van der Waals surface area (Å²) < 4.78 is 5.71. The third-order valence-corrected chi connectivity index (χ3v) is 2.66. The first-order chi connectivity index (χ1) is 8.79. The number of furan rings is 1. The summed E-state index contributed by atoms with van der Waals surface area (Å²) in [7, 11) is 0. The molecule has 0 amide bonds. The Hall–Kier alpha value is -1.24. The van der Waals surface area contributed by atoms with E-state index in [4.69, 9.17) is 10.2 Å². The molecule has 0 spiro atoms. The smallest absolute Gasteiger partial charge is 0.188 e. The summed E-state index contributed by atoms with van der Waals surface area (Å²) in [5.74, 6) is 1.47. The summed E-state index contributed by atoms with van der Waals surface area (Å²) in [5, 5.41) is 4.22. The minimum absolute atomic E-state index is 0. The molecule has 0 aliphatic heterocycles. The average Bonchev–Trinajstić information content (AvgIpc) is 2.79. The zero-order valence-corrected chi connectivity index (χ0v) is 13.4. The molecule has 0 atom stereocenters. The lowest BCUT2D eigenvalue weighted by Crippen LogP contribution is -2.33. The second-order valence-electron chi connectivity index (χ2n) is 4.19. The molecule has 1 aromatic heterocycles. The molecule has 2 aromatic rings. The van der Waals surface area contributed by atoms with Crippen molar-refractivity contribution in [2.75, 3.05) is 13.1 Å². The molecule has 0 saturated heterocycles. The molecule has 2 rings (SSSR count). The Morgan fingerprint density at radius 1 is 1.37 bits per heavy atom. The molecule has 0 aliphatic carbocycles. The fourth-order valence-corrected chi connectivity index (χ4v) is 1.76. The van der Waals surface area contributed by atoms with Crippen molar-refractivity contribution in [3.8, 4) is 0 Å². The molecular formula is C14H20IN3O. The fourth-order valence-electron chi connectivity index (χ4n) is 1.76. The van der Waals surface area contributed by atoms with Crippen LogP contribution in [0.4, 0.5) is 0 Å². The normalized spacial score (nSPS) is 11.3. The zero-order valence-electron chi connectivity index (χ0n) is 11.1. The largest absolute Gasteiger partial charge is 0.461 e. The molecular weight excluding hydrogens is 353 g/mol.